The van der Waals surface area contributed by atoms with Crippen molar-refractivity contribution in [2.75, 3.05) is 0 Å². The van der Waals surface area contributed by atoms with Crippen LogP contribution in [-0.4, -0.2) is 9.78 Å². The quantitative estimate of drug-likeness (QED) is 0.764. The Morgan fingerprint density at radius 3 is 2.82 bits per heavy atom. The van der Waals surface area contributed by atoms with Crippen molar-refractivity contribution < 1.29 is 0 Å². The molecule has 0 aliphatic heterocycles. The second kappa shape index (κ2) is 4.35. The minimum atomic E-state index is 0.439. The summed E-state index contributed by atoms with van der Waals surface area (Å²) in [6.07, 6.45) is 4.47. The molecule has 0 spiro atoms. The second-order valence-electron chi connectivity index (χ2n) is 4.34. The Bertz CT molecular complexity index is 544. The maximum atomic E-state index is 6.23. The zero-order valence-electron chi connectivity index (χ0n) is 9.24. The highest BCUT2D eigenvalue weighted by Crippen LogP contribution is 2.39. The van der Waals surface area contributed by atoms with Gasteiger partial charge in [-0.15, -0.1) is 11.6 Å². The summed E-state index contributed by atoms with van der Waals surface area (Å²) in [5, 5.41) is 5.27. The minimum absolute atomic E-state index is 0.439. The summed E-state index contributed by atoms with van der Waals surface area (Å²) < 4.78 is 1.84. The van der Waals surface area contributed by atoms with E-state index in [9.17, 15) is 0 Å². The van der Waals surface area contributed by atoms with Crippen molar-refractivity contribution in [3.63, 3.8) is 0 Å². The number of rotatable bonds is 3. The van der Waals surface area contributed by atoms with Crippen LogP contribution < -0.4 is 0 Å². The molecule has 0 saturated heterocycles. The predicted octanol–water partition coefficient (Wildman–Crippen LogP) is 4.14. The Hall–Kier alpha value is -0.990. The fraction of sp³-hybridized carbons (Fsp3) is 0.308. The number of para-hydroxylation sites is 1. The lowest BCUT2D eigenvalue weighted by Crippen LogP contribution is -2.00. The van der Waals surface area contributed by atoms with Crippen molar-refractivity contribution in [1.82, 2.24) is 9.78 Å². The maximum absolute atomic E-state index is 6.23. The summed E-state index contributed by atoms with van der Waals surface area (Å²) in [6.45, 7) is 0. The van der Waals surface area contributed by atoms with E-state index in [1.54, 1.807) is 0 Å². The molecule has 0 atom stereocenters. The van der Waals surface area contributed by atoms with Crippen LogP contribution in [0.3, 0.4) is 0 Å². The van der Waals surface area contributed by atoms with Gasteiger partial charge in [0.2, 0.25) is 0 Å². The minimum Gasteiger partial charge on any atom is -0.239 e. The van der Waals surface area contributed by atoms with Gasteiger partial charge in [-0.3, -0.25) is 0 Å². The first-order valence-electron chi connectivity index (χ1n) is 5.69. The zero-order valence-corrected chi connectivity index (χ0v) is 10.7. The predicted molar refractivity (Wildman–Crippen MR) is 70.1 cm³/mol. The molecule has 1 fully saturated rings. The Morgan fingerprint density at radius 1 is 1.29 bits per heavy atom. The van der Waals surface area contributed by atoms with Crippen LogP contribution >= 0.6 is 23.2 Å². The lowest BCUT2D eigenvalue weighted by Gasteiger charge is -2.09. The Labute approximate surface area is 110 Å². The van der Waals surface area contributed by atoms with Gasteiger partial charge in [0, 0.05) is 18.0 Å². The van der Waals surface area contributed by atoms with Crippen molar-refractivity contribution in [3.8, 4) is 5.69 Å². The fourth-order valence-electron chi connectivity index (χ4n) is 1.98. The van der Waals surface area contributed by atoms with E-state index in [1.807, 2.05) is 29.1 Å². The molecule has 88 valence electrons. The maximum Gasteiger partial charge on any atom is 0.0875 e. The number of benzene rings is 1. The summed E-state index contributed by atoms with van der Waals surface area (Å²) >= 11 is 12.2. The lowest BCUT2D eigenvalue weighted by atomic mass is 10.2. The van der Waals surface area contributed by atoms with Gasteiger partial charge in [0.05, 0.1) is 16.4 Å². The summed E-state index contributed by atoms with van der Waals surface area (Å²) in [5.41, 5.74) is 3.06. The first-order chi connectivity index (χ1) is 8.29. The standard InChI is InChI=1S/C13H12Cl2N2/c14-8-10-2-1-3-11(15)13(10)17-7-6-12(16-17)9-4-5-9/h1-3,6-7,9H,4-5,8H2. The van der Waals surface area contributed by atoms with Crippen molar-refractivity contribution in [3.05, 3.63) is 46.7 Å². The van der Waals surface area contributed by atoms with E-state index in [-0.39, 0.29) is 0 Å². The van der Waals surface area contributed by atoms with Crippen LogP contribution in [0.15, 0.2) is 30.5 Å². The third kappa shape index (κ3) is 2.07. The lowest BCUT2D eigenvalue weighted by molar-refractivity contribution is 0.831. The molecule has 1 aliphatic carbocycles. The summed E-state index contributed by atoms with van der Waals surface area (Å²) in [5.74, 6) is 1.09. The van der Waals surface area contributed by atoms with E-state index >= 15 is 0 Å². The van der Waals surface area contributed by atoms with Crippen molar-refractivity contribution in [2.24, 2.45) is 0 Å². The van der Waals surface area contributed by atoms with Gasteiger partial charge in [0.1, 0.15) is 0 Å². The van der Waals surface area contributed by atoms with E-state index in [0.717, 1.165) is 16.9 Å². The van der Waals surface area contributed by atoms with Gasteiger partial charge in [-0.05, 0) is 30.5 Å². The molecule has 0 bridgehead atoms. The van der Waals surface area contributed by atoms with Crippen molar-refractivity contribution in [1.29, 1.82) is 0 Å². The molecule has 0 N–H and O–H groups in total. The third-order valence-corrected chi connectivity index (χ3v) is 3.64. The molecule has 3 rings (SSSR count). The molecule has 2 nitrogen and oxygen atoms in total. The SMILES string of the molecule is ClCc1cccc(Cl)c1-n1ccc(C2CC2)n1. The van der Waals surface area contributed by atoms with Gasteiger partial charge in [0.15, 0.2) is 0 Å². The smallest absolute Gasteiger partial charge is 0.0875 e. The van der Waals surface area contributed by atoms with Crippen LogP contribution in [0.25, 0.3) is 5.69 Å². The van der Waals surface area contributed by atoms with Crippen LogP contribution in [-0.2, 0) is 5.88 Å². The highest BCUT2D eigenvalue weighted by Gasteiger charge is 2.26. The number of nitrogens with zero attached hydrogens (tertiary/aromatic N) is 2. The van der Waals surface area contributed by atoms with E-state index < -0.39 is 0 Å². The molecule has 1 saturated carbocycles. The van der Waals surface area contributed by atoms with E-state index in [2.05, 4.69) is 11.2 Å². The van der Waals surface area contributed by atoms with E-state index in [0.29, 0.717) is 16.8 Å². The number of aromatic nitrogens is 2. The largest absolute Gasteiger partial charge is 0.239 e. The summed E-state index contributed by atoms with van der Waals surface area (Å²) in [6, 6.07) is 7.83. The highest BCUT2D eigenvalue weighted by atomic mass is 35.5. The Kier molecular flexibility index (Phi) is 2.85. The molecule has 0 unspecified atom stereocenters. The molecule has 17 heavy (non-hydrogen) atoms. The average Bonchev–Trinajstić information content (AvgIpc) is 3.08. The molecular formula is C13H12Cl2N2. The van der Waals surface area contributed by atoms with Crippen LogP contribution in [0.4, 0.5) is 0 Å². The molecule has 1 aromatic carbocycles. The van der Waals surface area contributed by atoms with Gasteiger partial charge < -0.3 is 0 Å². The first-order valence-corrected chi connectivity index (χ1v) is 6.60. The number of hydrogen-bond donors (Lipinski definition) is 0. The molecule has 1 heterocycles. The van der Waals surface area contributed by atoms with Crippen LogP contribution in [0.1, 0.15) is 30.0 Å². The fourth-order valence-corrected chi connectivity index (χ4v) is 2.48. The van der Waals surface area contributed by atoms with Gasteiger partial charge >= 0.3 is 0 Å². The van der Waals surface area contributed by atoms with Crippen LogP contribution in [0.5, 0.6) is 0 Å². The Balaban J connectivity index is 2.06. The molecule has 0 radical (unpaired) electrons. The van der Waals surface area contributed by atoms with Gasteiger partial charge in [0.25, 0.3) is 0 Å². The second-order valence-corrected chi connectivity index (χ2v) is 5.02. The summed E-state index contributed by atoms with van der Waals surface area (Å²) in [4.78, 5) is 0. The van der Waals surface area contributed by atoms with Crippen LogP contribution in [0.2, 0.25) is 5.02 Å². The van der Waals surface area contributed by atoms with Crippen molar-refractivity contribution in [2.45, 2.75) is 24.6 Å². The number of alkyl halides is 1. The molecular weight excluding hydrogens is 255 g/mol. The molecule has 0 amide bonds. The topological polar surface area (TPSA) is 17.8 Å². The summed E-state index contributed by atoms with van der Waals surface area (Å²) in [7, 11) is 0. The number of halogens is 2. The first kappa shape index (κ1) is 11.1. The average molecular weight is 267 g/mol. The number of hydrogen-bond acceptors (Lipinski definition) is 1. The molecule has 2 aromatic rings. The van der Waals surface area contributed by atoms with Gasteiger partial charge in [-0.1, -0.05) is 23.7 Å². The van der Waals surface area contributed by atoms with Crippen LogP contribution in [0, 0.1) is 0 Å². The van der Waals surface area contributed by atoms with E-state index in [1.165, 1.54) is 12.8 Å². The Morgan fingerprint density at radius 2 is 2.12 bits per heavy atom. The molecule has 1 aromatic heterocycles. The molecule has 1 aliphatic rings. The highest BCUT2D eigenvalue weighted by molar-refractivity contribution is 6.32. The van der Waals surface area contributed by atoms with Crippen molar-refractivity contribution >= 4 is 23.2 Å². The van der Waals surface area contributed by atoms with E-state index in [4.69, 9.17) is 23.2 Å². The zero-order chi connectivity index (χ0) is 11.8. The normalized spacial score (nSPS) is 15.2. The third-order valence-electron chi connectivity index (χ3n) is 3.05. The van der Waals surface area contributed by atoms with Gasteiger partial charge in [-0.2, -0.15) is 5.10 Å². The molecule has 4 heteroatoms. The van der Waals surface area contributed by atoms with Gasteiger partial charge in [-0.25, -0.2) is 4.68 Å². The monoisotopic (exact) mass is 266 g/mol.